The zero-order chi connectivity index (χ0) is 27.6. The first kappa shape index (κ1) is 27.6. The number of hydrogen-bond donors (Lipinski definition) is 0. The van der Waals surface area contributed by atoms with Crippen LogP contribution in [0.15, 0.2) is 36.5 Å². The van der Waals surface area contributed by atoms with Crippen LogP contribution in [0.5, 0.6) is 5.75 Å². The van der Waals surface area contributed by atoms with E-state index in [9.17, 15) is 18.0 Å². The van der Waals surface area contributed by atoms with E-state index in [0.717, 1.165) is 63.5 Å². The zero-order valence-electron chi connectivity index (χ0n) is 21.7. The molecule has 1 saturated heterocycles. The summed E-state index contributed by atoms with van der Waals surface area (Å²) in [6.45, 7) is 2.88. The van der Waals surface area contributed by atoms with Crippen LogP contribution >= 0.6 is 11.6 Å². The number of aromatic nitrogens is 1. The highest BCUT2D eigenvalue weighted by atomic mass is 35.5. The van der Waals surface area contributed by atoms with Crippen LogP contribution in [0.2, 0.25) is 5.02 Å². The summed E-state index contributed by atoms with van der Waals surface area (Å²) in [6.07, 6.45) is 3.18. The molecule has 3 aliphatic rings. The van der Waals surface area contributed by atoms with E-state index < -0.39 is 17.3 Å². The largest absolute Gasteiger partial charge is 0.490 e. The summed E-state index contributed by atoms with van der Waals surface area (Å²) in [5.74, 6) is 2.72. The lowest BCUT2D eigenvalue weighted by Crippen LogP contribution is -2.50. The van der Waals surface area contributed by atoms with E-state index in [0.29, 0.717) is 42.3 Å². The van der Waals surface area contributed by atoms with Crippen molar-refractivity contribution in [2.24, 2.45) is 17.8 Å². The van der Waals surface area contributed by atoms with E-state index in [1.165, 1.54) is 12.1 Å². The number of halogens is 4. The second-order valence-corrected chi connectivity index (χ2v) is 11.3. The molecule has 39 heavy (non-hydrogen) atoms. The number of carbonyl (C=O) groups excluding carboxylic acids is 1. The molecule has 0 bridgehead atoms. The number of ether oxygens (including phenoxy) is 1. The first-order valence-electron chi connectivity index (χ1n) is 13.6. The summed E-state index contributed by atoms with van der Waals surface area (Å²) in [5.41, 5.74) is -1.36. The van der Waals surface area contributed by atoms with Crippen molar-refractivity contribution in [2.45, 2.75) is 57.2 Å². The minimum atomic E-state index is -4.60. The molecule has 3 fully saturated rings. The van der Waals surface area contributed by atoms with Crippen LogP contribution in [0.3, 0.4) is 0 Å². The maximum absolute atomic E-state index is 13.3. The first-order chi connectivity index (χ1) is 18.7. The number of hydrogen-bond acceptors (Lipinski definition) is 5. The fourth-order valence-electron chi connectivity index (χ4n) is 6.32. The Morgan fingerprint density at radius 1 is 1.05 bits per heavy atom. The van der Waals surface area contributed by atoms with Gasteiger partial charge in [0.15, 0.2) is 0 Å². The van der Waals surface area contributed by atoms with Gasteiger partial charge in [0.25, 0.3) is 0 Å². The minimum Gasteiger partial charge on any atom is -0.490 e. The summed E-state index contributed by atoms with van der Waals surface area (Å²) in [6, 6.07) is 8.89. The predicted octanol–water partition coefficient (Wildman–Crippen LogP) is 6.33. The van der Waals surface area contributed by atoms with E-state index in [1.54, 1.807) is 12.3 Å². The van der Waals surface area contributed by atoms with Crippen molar-refractivity contribution >= 4 is 23.3 Å². The van der Waals surface area contributed by atoms with Crippen LogP contribution in [0, 0.1) is 29.1 Å². The quantitative estimate of drug-likeness (QED) is 0.413. The monoisotopic (exact) mass is 560 g/mol. The number of anilines is 1. The van der Waals surface area contributed by atoms with Crippen LogP contribution in [0.4, 0.5) is 19.0 Å². The van der Waals surface area contributed by atoms with Crippen LogP contribution in [-0.4, -0.2) is 48.1 Å². The highest BCUT2D eigenvalue weighted by Gasteiger charge is 2.40. The standard InChI is InChI=1S/C29H32ClF3N4O2/c30-22-5-10-27(35-18-22)36-11-13-37(14-12-36)28(38)15-20-4-9-25(20)19-1-6-23(7-2-19)39-24-8-3-21(17-34)26(16-24)29(31,32)33/h3,5,8,10,16,18-20,23,25H,1-2,4,6-7,9,11-15H2. The Balaban J connectivity index is 1.07. The van der Waals surface area contributed by atoms with Crippen molar-refractivity contribution in [2.75, 3.05) is 31.1 Å². The maximum Gasteiger partial charge on any atom is 0.417 e. The van der Waals surface area contributed by atoms with E-state index >= 15 is 0 Å². The summed E-state index contributed by atoms with van der Waals surface area (Å²) < 4.78 is 45.8. The smallest absolute Gasteiger partial charge is 0.417 e. The molecule has 2 atom stereocenters. The Kier molecular flexibility index (Phi) is 8.22. The third-order valence-corrected chi connectivity index (χ3v) is 8.85. The normalized spacial score (nSPS) is 25.5. The highest BCUT2D eigenvalue weighted by molar-refractivity contribution is 6.30. The van der Waals surface area contributed by atoms with E-state index in [4.69, 9.17) is 21.6 Å². The van der Waals surface area contributed by atoms with E-state index in [1.807, 2.05) is 17.0 Å². The molecule has 0 radical (unpaired) electrons. The van der Waals surface area contributed by atoms with Gasteiger partial charge in [-0.15, -0.1) is 0 Å². The summed E-state index contributed by atoms with van der Waals surface area (Å²) in [5, 5.41) is 9.60. The Morgan fingerprint density at radius 2 is 1.79 bits per heavy atom. The molecule has 1 aromatic carbocycles. The van der Waals surface area contributed by atoms with Crippen molar-refractivity contribution in [1.82, 2.24) is 9.88 Å². The molecule has 5 rings (SSSR count). The first-order valence-corrected chi connectivity index (χ1v) is 14.0. The fourth-order valence-corrected chi connectivity index (χ4v) is 6.43. The number of pyridine rings is 1. The molecular formula is C29H32ClF3N4O2. The minimum absolute atomic E-state index is 0.137. The summed E-state index contributed by atoms with van der Waals surface area (Å²) in [7, 11) is 0. The predicted molar refractivity (Wildman–Crippen MR) is 141 cm³/mol. The van der Waals surface area contributed by atoms with Crippen LogP contribution < -0.4 is 9.64 Å². The third kappa shape index (κ3) is 6.43. The fraction of sp³-hybridized carbons (Fsp3) is 0.552. The van der Waals surface area contributed by atoms with Gasteiger partial charge in [0.05, 0.1) is 28.3 Å². The van der Waals surface area contributed by atoms with Gasteiger partial charge >= 0.3 is 6.18 Å². The Hall–Kier alpha value is -2.99. The van der Waals surface area contributed by atoms with Crippen molar-refractivity contribution < 1.29 is 22.7 Å². The van der Waals surface area contributed by atoms with Crippen molar-refractivity contribution in [3.8, 4) is 11.8 Å². The molecule has 1 aromatic heterocycles. The average molecular weight is 561 g/mol. The second kappa shape index (κ2) is 11.6. The molecule has 2 heterocycles. The second-order valence-electron chi connectivity index (χ2n) is 10.9. The number of amides is 1. The van der Waals surface area contributed by atoms with Gasteiger partial charge in [0, 0.05) is 38.8 Å². The number of piperazine rings is 1. The van der Waals surface area contributed by atoms with Crippen molar-refractivity contribution in [1.29, 1.82) is 5.26 Å². The molecule has 2 unspecified atom stereocenters. The number of carbonyl (C=O) groups is 1. The Labute approximate surface area is 231 Å². The molecular weight excluding hydrogens is 529 g/mol. The molecule has 1 aliphatic heterocycles. The van der Waals surface area contributed by atoms with Crippen molar-refractivity contribution in [3.63, 3.8) is 0 Å². The molecule has 208 valence electrons. The Morgan fingerprint density at radius 3 is 2.38 bits per heavy atom. The van der Waals surface area contributed by atoms with E-state index in [2.05, 4.69) is 9.88 Å². The summed E-state index contributed by atoms with van der Waals surface area (Å²) >= 11 is 5.94. The van der Waals surface area contributed by atoms with Gasteiger partial charge in [0.1, 0.15) is 11.6 Å². The number of benzene rings is 1. The topological polar surface area (TPSA) is 69.5 Å². The van der Waals surface area contributed by atoms with Crippen LogP contribution in [-0.2, 0) is 11.0 Å². The SMILES string of the molecule is N#Cc1ccc(OC2CCC(C3CCC3CC(=O)N3CCN(c4ccc(Cl)cn4)CC3)CC2)cc1C(F)(F)F. The number of nitriles is 1. The molecule has 10 heteroatoms. The zero-order valence-corrected chi connectivity index (χ0v) is 22.4. The van der Waals surface area contributed by atoms with Gasteiger partial charge in [-0.25, -0.2) is 4.98 Å². The number of rotatable bonds is 6. The van der Waals surface area contributed by atoms with Crippen LogP contribution in [0.1, 0.15) is 56.1 Å². The molecule has 0 spiro atoms. The Bertz CT molecular complexity index is 1200. The average Bonchev–Trinajstić information content (AvgIpc) is 2.92. The van der Waals surface area contributed by atoms with E-state index in [-0.39, 0.29) is 17.8 Å². The lowest BCUT2D eigenvalue weighted by Gasteiger charge is -2.45. The number of nitrogens with zero attached hydrogens (tertiary/aromatic N) is 4. The maximum atomic E-state index is 13.3. The molecule has 6 nitrogen and oxygen atoms in total. The molecule has 1 amide bonds. The van der Waals surface area contributed by atoms with Gasteiger partial charge in [-0.3, -0.25) is 4.79 Å². The van der Waals surface area contributed by atoms with Gasteiger partial charge in [-0.1, -0.05) is 11.6 Å². The van der Waals surface area contributed by atoms with Gasteiger partial charge in [-0.2, -0.15) is 18.4 Å². The molecule has 2 aromatic rings. The van der Waals surface area contributed by atoms with Gasteiger partial charge < -0.3 is 14.5 Å². The van der Waals surface area contributed by atoms with Gasteiger partial charge in [0.2, 0.25) is 5.91 Å². The summed E-state index contributed by atoms with van der Waals surface area (Å²) in [4.78, 5) is 21.6. The highest BCUT2D eigenvalue weighted by Crippen LogP contribution is 2.47. The molecule has 2 saturated carbocycles. The third-order valence-electron chi connectivity index (χ3n) is 8.63. The van der Waals surface area contributed by atoms with Crippen molar-refractivity contribution in [3.05, 3.63) is 52.7 Å². The van der Waals surface area contributed by atoms with Crippen LogP contribution in [0.25, 0.3) is 0 Å². The molecule has 2 aliphatic carbocycles. The van der Waals surface area contributed by atoms with Gasteiger partial charge in [-0.05, 0) is 86.6 Å². The molecule has 0 N–H and O–H groups in total. The lowest BCUT2D eigenvalue weighted by atomic mass is 9.62. The lowest BCUT2D eigenvalue weighted by molar-refractivity contribution is -0.138. The number of alkyl halides is 3.